The molecule has 0 unspecified atom stereocenters. The quantitative estimate of drug-likeness (QED) is 0.265. The smallest absolute Gasteiger partial charge is 0.242 e. The summed E-state index contributed by atoms with van der Waals surface area (Å²) >= 11 is 0. The highest BCUT2D eigenvalue weighted by molar-refractivity contribution is 5.93. The third-order valence-electron chi connectivity index (χ3n) is 10.1. The first-order valence-corrected chi connectivity index (χ1v) is 20.0. The van der Waals surface area contributed by atoms with Crippen molar-refractivity contribution in [1.29, 1.82) is 0 Å². The Hall–Kier alpha value is -5.60. The van der Waals surface area contributed by atoms with Crippen LogP contribution in [0, 0.1) is 20.8 Å². The van der Waals surface area contributed by atoms with E-state index in [1.54, 1.807) is 0 Å². The summed E-state index contributed by atoms with van der Waals surface area (Å²) < 4.78 is 0. The molecule has 4 rings (SSSR count). The Bertz CT molecular complexity index is 1800. The Morgan fingerprint density at radius 3 is 0.897 bits per heavy atom. The van der Waals surface area contributed by atoms with E-state index in [0.717, 1.165) is 39.8 Å². The second-order valence-corrected chi connectivity index (χ2v) is 15.1. The van der Waals surface area contributed by atoms with E-state index in [2.05, 4.69) is 0 Å². The van der Waals surface area contributed by atoms with Crippen LogP contribution in [0.25, 0.3) is 0 Å². The summed E-state index contributed by atoms with van der Waals surface area (Å²) in [5, 5.41) is 0. The van der Waals surface area contributed by atoms with Crippen LogP contribution < -0.4 is 11.5 Å². The molecule has 1 heterocycles. The highest BCUT2D eigenvalue weighted by atomic mass is 16.2. The van der Waals surface area contributed by atoms with Crippen LogP contribution in [0.4, 0.5) is 0 Å². The van der Waals surface area contributed by atoms with Crippen LogP contribution in [0.5, 0.6) is 0 Å². The summed E-state index contributed by atoms with van der Waals surface area (Å²) in [7, 11) is 0. The third-order valence-corrected chi connectivity index (χ3v) is 10.1. The monoisotopic (exact) mass is 796 g/mol. The van der Waals surface area contributed by atoms with Gasteiger partial charge in [-0.1, -0.05) is 103 Å². The molecule has 14 nitrogen and oxygen atoms in total. The van der Waals surface area contributed by atoms with Crippen molar-refractivity contribution in [3.63, 3.8) is 0 Å². The largest absolute Gasteiger partial charge is 0.332 e. The van der Waals surface area contributed by atoms with Gasteiger partial charge in [0.15, 0.2) is 0 Å². The Morgan fingerprint density at radius 1 is 0.397 bits per heavy atom. The fourth-order valence-corrected chi connectivity index (χ4v) is 6.55. The number of nitrogens with zero attached hydrogens (tertiary/aromatic N) is 6. The Balaban J connectivity index is 1.79. The lowest BCUT2D eigenvalue weighted by molar-refractivity contribution is -0.150. The molecular weight excluding hydrogens is 737 g/mol. The van der Waals surface area contributed by atoms with E-state index in [0.29, 0.717) is 6.42 Å². The van der Waals surface area contributed by atoms with E-state index in [1.807, 2.05) is 100 Å². The SMILES string of the molecule is CCCCN1CC(=O)N(Cc2ccc(C)cc2)CC(=O)N(CCN)CC(=O)N(Cc2ccc(C)cc2)CC(=O)N(CCN)CC(=O)N(Cc2ccc(C)cc2)CC1=O. The number of amides is 6. The average molecular weight is 797 g/mol. The molecule has 0 saturated carbocycles. The van der Waals surface area contributed by atoms with E-state index in [4.69, 9.17) is 11.5 Å². The van der Waals surface area contributed by atoms with Gasteiger partial charge in [-0.3, -0.25) is 28.8 Å². The number of carbonyl (C=O) groups excluding carboxylic acids is 6. The molecule has 3 aromatic rings. The Morgan fingerprint density at radius 2 is 0.638 bits per heavy atom. The second-order valence-electron chi connectivity index (χ2n) is 15.1. The molecule has 4 N–H and O–H groups in total. The number of rotatable bonds is 13. The Kier molecular flexibility index (Phi) is 17.4. The maximum atomic E-state index is 14.3. The van der Waals surface area contributed by atoms with Gasteiger partial charge in [-0.2, -0.15) is 0 Å². The minimum atomic E-state index is -0.516. The van der Waals surface area contributed by atoms with Gasteiger partial charge in [0.05, 0.1) is 19.6 Å². The minimum Gasteiger partial charge on any atom is -0.332 e. The number of nitrogens with two attached hydrogens (primary N) is 2. The fraction of sp³-hybridized carbons (Fsp3) is 0.455. The van der Waals surface area contributed by atoms with Crippen LogP contribution in [-0.4, -0.2) is 137 Å². The molecule has 312 valence electrons. The van der Waals surface area contributed by atoms with E-state index < -0.39 is 55.1 Å². The number of aryl methyl sites for hydroxylation is 3. The van der Waals surface area contributed by atoms with E-state index in [1.165, 1.54) is 29.4 Å². The third kappa shape index (κ3) is 13.8. The van der Waals surface area contributed by atoms with Gasteiger partial charge in [-0.15, -0.1) is 0 Å². The van der Waals surface area contributed by atoms with Crippen molar-refractivity contribution in [2.45, 2.75) is 60.2 Å². The summed E-state index contributed by atoms with van der Waals surface area (Å²) in [6, 6.07) is 22.7. The highest BCUT2D eigenvalue weighted by Crippen LogP contribution is 2.14. The van der Waals surface area contributed by atoms with Gasteiger partial charge in [0.25, 0.3) is 0 Å². The molecule has 0 atom stereocenters. The predicted molar refractivity (Wildman–Crippen MR) is 223 cm³/mol. The fourth-order valence-electron chi connectivity index (χ4n) is 6.55. The number of hydrogen-bond donors (Lipinski definition) is 2. The molecule has 0 bridgehead atoms. The summed E-state index contributed by atoms with van der Waals surface area (Å²) in [5.41, 5.74) is 17.3. The molecule has 14 heteroatoms. The van der Waals surface area contributed by atoms with Gasteiger partial charge in [-0.05, 0) is 43.9 Å². The van der Waals surface area contributed by atoms with Crippen molar-refractivity contribution < 1.29 is 28.8 Å². The van der Waals surface area contributed by atoms with Crippen molar-refractivity contribution in [3.05, 3.63) is 106 Å². The number of carbonyl (C=O) groups is 6. The zero-order chi connectivity index (χ0) is 42.2. The standard InChI is InChI=1S/C44H60N8O6/c1-5-6-21-47-27-42(56)51(25-37-15-9-34(3)10-16-37)31-40(54)49(23-20-46)29-44(58)52(26-38-17-11-35(4)12-18-38)32-41(55)48(22-19-45)28-43(57)50(30-39(47)53)24-36-13-7-33(2)8-14-36/h7-18H,5-6,19-32,45-46H2,1-4H3. The van der Waals surface area contributed by atoms with Gasteiger partial charge in [0, 0.05) is 52.4 Å². The van der Waals surface area contributed by atoms with Crippen molar-refractivity contribution >= 4 is 35.4 Å². The van der Waals surface area contributed by atoms with Crippen LogP contribution in [0.2, 0.25) is 0 Å². The molecule has 0 aliphatic carbocycles. The normalized spacial score (nSPS) is 16.0. The summed E-state index contributed by atoms with van der Waals surface area (Å²) in [6.07, 6.45) is 1.35. The Labute approximate surface area is 342 Å². The topological polar surface area (TPSA) is 174 Å². The maximum absolute atomic E-state index is 14.3. The molecule has 0 radical (unpaired) electrons. The van der Waals surface area contributed by atoms with Crippen LogP contribution >= 0.6 is 0 Å². The molecule has 1 fully saturated rings. The summed E-state index contributed by atoms with van der Waals surface area (Å²) in [5.74, 6) is -2.93. The molecule has 58 heavy (non-hydrogen) atoms. The van der Waals surface area contributed by atoms with Crippen LogP contribution in [0.1, 0.15) is 53.1 Å². The van der Waals surface area contributed by atoms with Crippen molar-refractivity contribution in [2.24, 2.45) is 11.5 Å². The maximum Gasteiger partial charge on any atom is 0.242 e. The lowest BCUT2D eigenvalue weighted by atomic mass is 10.1. The van der Waals surface area contributed by atoms with E-state index in [-0.39, 0.29) is 72.0 Å². The predicted octanol–water partition coefficient (Wildman–Crippen LogP) is 2.21. The van der Waals surface area contributed by atoms with Gasteiger partial charge >= 0.3 is 0 Å². The second kappa shape index (κ2) is 22.4. The zero-order valence-corrected chi connectivity index (χ0v) is 34.5. The van der Waals surface area contributed by atoms with Crippen molar-refractivity contribution in [3.8, 4) is 0 Å². The number of benzene rings is 3. The lowest BCUT2D eigenvalue weighted by Gasteiger charge is -2.33. The van der Waals surface area contributed by atoms with Crippen molar-refractivity contribution in [2.75, 3.05) is 72.0 Å². The lowest BCUT2D eigenvalue weighted by Crippen LogP contribution is -2.54. The van der Waals surface area contributed by atoms with E-state index >= 15 is 0 Å². The van der Waals surface area contributed by atoms with Crippen LogP contribution in [0.15, 0.2) is 72.8 Å². The molecule has 6 amide bonds. The first-order valence-electron chi connectivity index (χ1n) is 20.0. The minimum absolute atomic E-state index is 0.0230. The van der Waals surface area contributed by atoms with Gasteiger partial charge in [0.1, 0.15) is 19.6 Å². The first-order chi connectivity index (χ1) is 27.8. The number of unbranched alkanes of at least 4 members (excludes halogenated alkanes) is 1. The van der Waals surface area contributed by atoms with Crippen LogP contribution in [0.3, 0.4) is 0 Å². The van der Waals surface area contributed by atoms with Gasteiger partial charge in [-0.25, -0.2) is 0 Å². The molecular formula is C44H60N8O6. The van der Waals surface area contributed by atoms with Crippen LogP contribution in [-0.2, 0) is 48.4 Å². The number of hydrogen-bond acceptors (Lipinski definition) is 8. The first kappa shape index (κ1) is 45.1. The highest BCUT2D eigenvalue weighted by Gasteiger charge is 2.31. The molecule has 1 saturated heterocycles. The molecule has 1 aliphatic heterocycles. The molecule has 0 aromatic heterocycles. The average Bonchev–Trinajstić information content (AvgIpc) is 3.20. The molecule has 0 spiro atoms. The summed E-state index contributed by atoms with van der Waals surface area (Å²) in [4.78, 5) is 93.4. The van der Waals surface area contributed by atoms with Gasteiger partial charge < -0.3 is 40.9 Å². The summed E-state index contributed by atoms with van der Waals surface area (Å²) in [6.45, 7) is 6.17. The van der Waals surface area contributed by atoms with E-state index in [9.17, 15) is 28.8 Å². The zero-order valence-electron chi connectivity index (χ0n) is 34.5. The van der Waals surface area contributed by atoms with Gasteiger partial charge in [0.2, 0.25) is 35.4 Å². The van der Waals surface area contributed by atoms with Crippen molar-refractivity contribution in [1.82, 2.24) is 29.4 Å². The molecule has 1 aliphatic rings. The molecule has 3 aromatic carbocycles.